The lowest BCUT2D eigenvalue weighted by molar-refractivity contribution is -0.250. The van der Waals surface area contributed by atoms with Crippen molar-refractivity contribution in [3.8, 4) is 23.0 Å². The van der Waals surface area contributed by atoms with Crippen LogP contribution in [0.4, 0.5) is 13.2 Å². The van der Waals surface area contributed by atoms with Gasteiger partial charge in [0.15, 0.2) is 0 Å². The van der Waals surface area contributed by atoms with Gasteiger partial charge in [0.2, 0.25) is 5.60 Å². The van der Waals surface area contributed by atoms with Crippen LogP contribution in [0, 0.1) is 6.92 Å². The quantitative estimate of drug-likeness (QED) is 0.666. The van der Waals surface area contributed by atoms with E-state index in [0.29, 0.717) is 17.1 Å². The second kappa shape index (κ2) is 6.04. The molecule has 4 rings (SSSR count). The van der Waals surface area contributed by atoms with E-state index in [0.717, 1.165) is 5.56 Å². The molecule has 0 spiro atoms. The standard InChI is InChI=1S/C20H17F3N2O2/c1-13-17(14-6-4-3-5-7-14)25-12-19(20(21,22)23,27-18(25)24-13)15-8-10-16(26-2)11-9-15/h3-11H,12H2,1-2H3/t19-/m1/s1. The topological polar surface area (TPSA) is 36.3 Å². The Bertz CT molecular complexity index is 965. The molecule has 27 heavy (non-hydrogen) atoms. The summed E-state index contributed by atoms with van der Waals surface area (Å²) in [5.41, 5.74) is -0.422. The molecule has 0 saturated carbocycles. The van der Waals surface area contributed by atoms with Crippen LogP contribution in [0.5, 0.6) is 11.8 Å². The molecule has 0 saturated heterocycles. The van der Waals surface area contributed by atoms with E-state index in [1.165, 1.54) is 35.9 Å². The summed E-state index contributed by atoms with van der Waals surface area (Å²) >= 11 is 0. The van der Waals surface area contributed by atoms with Gasteiger partial charge >= 0.3 is 6.18 Å². The van der Waals surface area contributed by atoms with Crippen LogP contribution in [0.1, 0.15) is 11.3 Å². The van der Waals surface area contributed by atoms with E-state index >= 15 is 0 Å². The van der Waals surface area contributed by atoms with E-state index in [2.05, 4.69) is 4.98 Å². The first kappa shape index (κ1) is 17.5. The van der Waals surface area contributed by atoms with Gasteiger partial charge < -0.3 is 9.47 Å². The third kappa shape index (κ3) is 2.65. The summed E-state index contributed by atoms with van der Waals surface area (Å²) in [6.45, 7) is 1.36. The predicted octanol–water partition coefficient (Wildman–Crippen LogP) is 4.72. The van der Waals surface area contributed by atoms with Gasteiger partial charge in [-0.05, 0) is 19.1 Å². The minimum absolute atomic E-state index is 0.0120. The third-order valence-electron chi connectivity index (χ3n) is 4.81. The van der Waals surface area contributed by atoms with Crippen molar-refractivity contribution in [2.75, 3.05) is 7.11 Å². The first-order valence-electron chi connectivity index (χ1n) is 8.38. The molecule has 7 heteroatoms. The molecular weight excluding hydrogens is 357 g/mol. The number of aromatic nitrogens is 2. The van der Waals surface area contributed by atoms with Crippen LogP contribution in [-0.4, -0.2) is 22.8 Å². The Balaban J connectivity index is 1.83. The maximum atomic E-state index is 14.2. The SMILES string of the molecule is COc1ccc([C@@]2(C(F)(F)F)Cn3c(nc(C)c3-c3ccccc3)O2)cc1. The Morgan fingerprint density at radius 1 is 1.07 bits per heavy atom. The van der Waals surface area contributed by atoms with Gasteiger partial charge in [-0.3, -0.25) is 4.57 Å². The second-order valence-electron chi connectivity index (χ2n) is 6.44. The van der Waals surface area contributed by atoms with Crippen molar-refractivity contribution in [2.45, 2.75) is 25.2 Å². The molecule has 1 aromatic heterocycles. The summed E-state index contributed by atoms with van der Waals surface area (Å²) in [4.78, 5) is 4.25. The van der Waals surface area contributed by atoms with Crippen molar-refractivity contribution in [3.63, 3.8) is 0 Å². The van der Waals surface area contributed by atoms with Crippen LogP contribution < -0.4 is 9.47 Å². The first-order valence-corrected chi connectivity index (χ1v) is 8.38. The van der Waals surface area contributed by atoms with E-state index in [1.54, 1.807) is 6.92 Å². The molecule has 4 nitrogen and oxygen atoms in total. The summed E-state index contributed by atoms with van der Waals surface area (Å²) in [5.74, 6) is 0.479. The number of aryl methyl sites for hydroxylation is 1. The third-order valence-corrected chi connectivity index (χ3v) is 4.81. The number of halogens is 3. The molecule has 2 aromatic carbocycles. The summed E-state index contributed by atoms with van der Waals surface area (Å²) in [6.07, 6.45) is -4.62. The zero-order valence-electron chi connectivity index (χ0n) is 14.7. The summed E-state index contributed by atoms with van der Waals surface area (Å²) in [6, 6.07) is 15.0. The number of methoxy groups -OCH3 is 1. The summed E-state index contributed by atoms with van der Waals surface area (Å²) in [5, 5.41) is 0. The number of alkyl halides is 3. The van der Waals surface area contributed by atoms with Crippen LogP contribution in [-0.2, 0) is 12.1 Å². The van der Waals surface area contributed by atoms with Crippen molar-refractivity contribution < 1.29 is 22.6 Å². The zero-order chi connectivity index (χ0) is 19.2. The Hall–Kier alpha value is -2.96. The van der Waals surface area contributed by atoms with Gasteiger partial charge in [-0.2, -0.15) is 18.2 Å². The summed E-state index contributed by atoms with van der Waals surface area (Å²) < 4.78 is 54.5. The van der Waals surface area contributed by atoms with E-state index in [9.17, 15) is 13.2 Å². The van der Waals surface area contributed by atoms with Crippen LogP contribution in [0.3, 0.4) is 0 Å². The lowest BCUT2D eigenvalue weighted by Crippen LogP contribution is -2.47. The largest absolute Gasteiger partial charge is 0.497 e. The van der Waals surface area contributed by atoms with Crippen molar-refractivity contribution in [3.05, 3.63) is 65.9 Å². The number of rotatable bonds is 3. The molecule has 0 aliphatic carbocycles. The van der Waals surface area contributed by atoms with Crippen LogP contribution >= 0.6 is 0 Å². The number of hydrogen-bond donors (Lipinski definition) is 0. The number of ether oxygens (including phenoxy) is 2. The van der Waals surface area contributed by atoms with E-state index in [4.69, 9.17) is 9.47 Å². The lowest BCUT2D eigenvalue weighted by atomic mass is 9.92. The molecule has 0 fully saturated rings. The average molecular weight is 374 g/mol. The first-order chi connectivity index (χ1) is 12.9. The predicted molar refractivity (Wildman–Crippen MR) is 93.8 cm³/mol. The van der Waals surface area contributed by atoms with Gasteiger partial charge in [-0.1, -0.05) is 42.5 Å². The van der Waals surface area contributed by atoms with Gasteiger partial charge in [0, 0.05) is 11.1 Å². The minimum Gasteiger partial charge on any atom is -0.497 e. The number of imidazole rings is 1. The van der Waals surface area contributed by atoms with Crippen molar-refractivity contribution in [2.24, 2.45) is 0 Å². The molecule has 1 aliphatic heterocycles. The molecule has 0 N–H and O–H groups in total. The highest BCUT2D eigenvalue weighted by Gasteiger charge is 2.62. The van der Waals surface area contributed by atoms with Crippen molar-refractivity contribution >= 4 is 0 Å². The molecule has 0 amide bonds. The number of hydrogen-bond acceptors (Lipinski definition) is 3. The number of nitrogens with zero attached hydrogens (tertiary/aromatic N) is 2. The Kier molecular flexibility index (Phi) is 3.91. The number of benzene rings is 2. The Morgan fingerprint density at radius 2 is 1.74 bits per heavy atom. The van der Waals surface area contributed by atoms with Gasteiger partial charge in [0.25, 0.3) is 6.01 Å². The molecule has 3 aromatic rings. The normalized spacial score (nSPS) is 18.9. The highest BCUT2D eigenvalue weighted by atomic mass is 19.4. The van der Waals surface area contributed by atoms with Crippen molar-refractivity contribution in [1.29, 1.82) is 0 Å². The molecule has 0 bridgehead atoms. The maximum absolute atomic E-state index is 14.2. The van der Waals surface area contributed by atoms with Crippen LogP contribution in [0.2, 0.25) is 0 Å². The molecular formula is C20H17F3N2O2. The summed E-state index contributed by atoms with van der Waals surface area (Å²) in [7, 11) is 1.46. The molecule has 1 atom stereocenters. The Morgan fingerprint density at radius 3 is 2.33 bits per heavy atom. The highest BCUT2D eigenvalue weighted by molar-refractivity contribution is 5.64. The minimum atomic E-state index is -4.62. The average Bonchev–Trinajstić information content (AvgIpc) is 3.16. The fourth-order valence-electron chi connectivity index (χ4n) is 3.47. The van der Waals surface area contributed by atoms with Crippen LogP contribution in [0.15, 0.2) is 54.6 Å². The highest BCUT2D eigenvalue weighted by Crippen LogP contribution is 2.50. The zero-order valence-corrected chi connectivity index (χ0v) is 14.7. The molecule has 140 valence electrons. The lowest BCUT2D eigenvalue weighted by Gasteiger charge is -2.30. The van der Waals surface area contributed by atoms with Crippen LogP contribution in [0.25, 0.3) is 11.3 Å². The van der Waals surface area contributed by atoms with Gasteiger partial charge in [-0.25, -0.2) is 0 Å². The molecule has 2 heterocycles. The van der Waals surface area contributed by atoms with E-state index in [1.807, 2.05) is 30.3 Å². The van der Waals surface area contributed by atoms with Crippen molar-refractivity contribution in [1.82, 2.24) is 9.55 Å². The van der Waals surface area contributed by atoms with E-state index < -0.39 is 18.3 Å². The molecule has 1 aliphatic rings. The molecule has 0 radical (unpaired) electrons. The van der Waals surface area contributed by atoms with E-state index in [-0.39, 0.29) is 11.6 Å². The van der Waals surface area contributed by atoms with Gasteiger partial charge in [0.05, 0.1) is 25.0 Å². The second-order valence-corrected chi connectivity index (χ2v) is 6.44. The number of fused-ring (bicyclic) bond motifs is 1. The van der Waals surface area contributed by atoms with Gasteiger partial charge in [0.1, 0.15) is 5.75 Å². The fraction of sp³-hybridized carbons (Fsp3) is 0.250. The maximum Gasteiger partial charge on any atom is 0.434 e. The Labute approximate surface area is 154 Å². The van der Waals surface area contributed by atoms with Gasteiger partial charge in [-0.15, -0.1) is 0 Å². The monoisotopic (exact) mass is 374 g/mol. The molecule has 0 unspecified atom stereocenters. The smallest absolute Gasteiger partial charge is 0.434 e. The fourth-order valence-corrected chi connectivity index (χ4v) is 3.47.